The molecule has 0 amide bonds. The highest BCUT2D eigenvalue weighted by Crippen LogP contribution is 2.29. The van der Waals surface area contributed by atoms with Crippen molar-refractivity contribution in [1.29, 1.82) is 0 Å². The van der Waals surface area contributed by atoms with Crippen molar-refractivity contribution in [2.45, 2.75) is 26.3 Å². The predicted molar refractivity (Wildman–Crippen MR) is 43.2 cm³/mol. The molecule has 1 unspecified atom stereocenters. The largest absolute Gasteiger partial charge is 0.243 e. The SMILES string of the molecule is CCC1=CSN(C)C1C. The maximum atomic E-state index is 2.28. The Morgan fingerprint density at radius 1 is 1.78 bits per heavy atom. The first-order chi connectivity index (χ1) is 4.25. The zero-order valence-electron chi connectivity index (χ0n) is 6.22. The molecule has 0 saturated heterocycles. The maximum absolute atomic E-state index is 2.28. The van der Waals surface area contributed by atoms with E-state index in [0.717, 1.165) is 0 Å². The van der Waals surface area contributed by atoms with Gasteiger partial charge in [-0.15, -0.1) is 0 Å². The van der Waals surface area contributed by atoms with Crippen molar-refractivity contribution in [3.05, 3.63) is 11.0 Å². The van der Waals surface area contributed by atoms with Crippen LogP contribution >= 0.6 is 11.9 Å². The predicted octanol–water partition coefficient (Wildman–Crippen LogP) is 2.26. The smallest absolute Gasteiger partial charge is 0.0391 e. The van der Waals surface area contributed by atoms with Gasteiger partial charge in [0.05, 0.1) is 0 Å². The highest BCUT2D eigenvalue weighted by molar-refractivity contribution is 8.00. The summed E-state index contributed by atoms with van der Waals surface area (Å²) in [5, 5.41) is 2.25. The van der Waals surface area contributed by atoms with Gasteiger partial charge in [0, 0.05) is 6.04 Å². The van der Waals surface area contributed by atoms with E-state index in [9.17, 15) is 0 Å². The Morgan fingerprint density at radius 2 is 2.44 bits per heavy atom. The van der Waals surface area contributed by atoms with Gasteiger partial charge in [0.2, 0.25) is 0 Å². The summed E-state index contributed by atoms with van der Waals surface area (Å²) in [5.74, 6) is 0. The normalized spacial score (nSPS) is 28.8. The molecule has 0 aromatic carbocycles. The second-order valence-electron chi connectivity index (χ2n) is 2.37. The summed E-state index contributed by atoms with van der Waals surface area (Å²) in [7, 11) is 2.13. The van der Waals surface area contributed by atoms with Crippen LogP contribution in [0.1, 0.15) is 20.3 Å². The molecule has 9 heavy (non-hydrogen) atoms. The van der Waals surface area contributed by atoms with Gasteiger partial charge in [0.15, 0.2) is 0 Å². The Labute approximate surface area is 61.3 Å². The van der Waals surface area contributed by atoms with Crippen LogP contribution in [0.15, 0.2) is 11.0 Å². The second kappa shape index (κ2) is 2.76. The summed E-state index contributed by atoms with van der Waals surface area (Å²) in [6, 6.07) is 0.653. The van der Waals surface area contributed by atoms with E-state index in [0.29, 0.717) is 6.04 Å². The van der Waals surface area contributed by atoms with Gasteiger partial charge in [-0.3, -0.25) is 0 Å². The molecule has 1 nitrogen and oxygen atoms in total. The highest BCUT2D eigenvalue weighted by atomic mass is 32.2. The third-order valence-corrected chi connectivity index (χ3v) is 2.92. The van der Waals surface area contributed by atoms with Crippen LogP contribution < -0.4 is 0 Å². The lowest BCUT2D eigenvalue weighted by molar-refractivity contribution is 0.494. The van der Waals surface area contributed by atoms with Crippen molar-refractivity contribution in [3.8, 4) is 0 Å². The van der Waals surface area contributed by atoms with Crippen LogP contribution in [0.2, 0.25) is 0 Å². The Balaban J connectivity index is 2.55. The van der Waals surface area contributed by atoms with E-state index in [2.05, 4.69) is 30.6 Å². The molecule has 1 rings (SSSR count). The van der Waals surface area contributed by atoms with Crippen LogP contribution in [0.25, 0.3) is 0 Å². The third kappa shape index (κ3) is 1.30. The molecule has 0 aromatic rings. The molecule has 0 saturated carbocycles. The number of hydrogen-bond acceptors (Lipinski definition) is 2. The fraction of sp³-hybridized carbons (Fsp3) is 0.714. The molecule has 0 radical (unpaired) electrons. The topological polar surface area (TPSA) is 3.24 Å². The van der Waals surface area contributed by atoms with Gasteiger partial charge >= 0.3 is 0 Å². The minimum atomic E-state index is 0.653. The van der Waals surface area contributed by atoms with Crippen LogP contribution in [-0.4, -0.2) is 17.4 Å². The van der Waals surface area contributed by atoms with E-state index in [1.54, 1.807) is 5.57 Å². The van der Waals surface area contributed by atoms with Crippen molar-refractivity contribution in [3.63, 3.8) is 0 Å². The van der Waals surface area contributed by atoms with Crippen molar-refractivity contribution >= 4 is 11.9 Å². The summed E-state index contributed by atoms with van der Waals surface area (Å²) in [6.45, 7) is 4.46. The molecule has 1 aliphatic heterocycles. The van der Waals surface area contributed by atoms with Crippen LogP contribution in [0, 0.1) is 0 Å². The molecule has 52 valence electrons. The molecule has 0 spiro atoms. The van der Waals surface area contributed by atoms with Gasteiger partial charge in [-0.2, -0.15) is 0 Å². The summed E-state index contributed by atoms with van der Waals surface area (Å²) >= 11 is 1.81. The number of hydrogen-bond donors (Lipinski definition) is 0. The van der Waals surface area contributed by atoms with Crippen molar-refractivity contribution in [2.75, 3.05) is 7.05 Å². The van der Waals surface area contributed by atoms with Crippen molar-refractivity contribution in [1.82, 2.24) is 4.31 Å². The number of rotatable bonds is 1. The minimum Gasteiger partial charge on any atom is -0.243 e. The summed E-state index contributed by atoms with van der Waals surface area (Å²) < 4.78 is 2.28. The quantitative estimate of drug-likeness (QED) is 0.518. The Kier molecular flexibility index (Phi) is 2.19. The van der Waals surface area contributed by atoms with Gasteiger partial charge < -0.3 is 0 Å². The number of likely N-dealkylation sites (N-methyl/N-ethyl adjacent to an activating group) is 1. The zero-order valence-corrected chi connectivity index (χ0v) is 7.03. The Hall–Kier alpha value is 0.0500. The minimum absolute atomic E-state index is 0.653. The van der Waals surface area contributed by atoms with E-state index >= 15 is 0 Å². The second-order valence-corrected chi connectivity index (χ2v) is 3.40. The lowest BCUT2D eigenvalue weighted by Gasteiger charge is -2.15. The fourth-order valence-corrected chi connectivity index (χ4v) is 1.94. The first-order valence-corrected chi connectivity index (χ1v) is 4.18. The molecule has 0 aromatic heterocycles. The van der Waals surface area contributed by atoms with Gasteiger partial charge in [0.25, 0.3) is 0 Å². The summed E-state index contributed by atoms with van der Waals surface area (Å²) in [6.07, 6.45) is 1.19. The van der Waals surface area contributed by atoms with Crippen LogP contribution in [0.3, 0.4) is 0 Å². The monoisotopic (exact) mass is 143 g/mol. The maximum Gasteiger partial charge on any atom is 0.0391 e. The molecule has 2 heteroatoms. The molecule has 1 atom stereocenters. The van der Waals surface area contributed by atoms with Gasteiger partial charge in [-0.05, 0) is 43.3 Å². The summed E-state index contributed by atoms with van der Waals surface area (Å²) in [4.78, 5) is 0. The van der Waals surface area contributed by atoms with Crippen LogP contribution in [0.4, 0.5) is 0 Å². The molecule has 1 aliphatic rings. The first kappa shape index (κ1) is 7.16. The third-order valence-electron chi connectivity index (χ3n) is 1.86. The molecule has 1 heterocycles. The van der Waals surface area contributed by atoms with E-state index in [4.69, 9.17) is 0 Å². The van der Waals surface area contributed by atoms with E-state index in [-0.39, 0.29) is 0 Å². The Bertz CT molecular complexity index is 131. The molecule has 0 bridgehead atoms. The fourth-order valence-electron chi connectivity index (χ4n) is 0.953. The molecule has 0 aliphatic carbocycles. The van der Waals surface area contributed by atoms with E-state index in [1.807, 2.05) is 11.9 Å². The van der Waals surface area contributed by atoms with Gasteiger partial charge in [0.1, 0.15) is 0 Å². The van der Waals surface area contributed by atoms with Crippen molar-refractivity contribution in [2.24, 2.45) is 0 Å². The van der Waals surface area contributed by atoms with E-state index in [1.165, 1.54) is 6.42 Å². The molecular formula is C7H13NS. The standard InChI is InChI=1S/C7H13NS/c1-4-7-5-9-8(3)6(7)2/h5-6H,4H2,1-3H3. The first-order valence-electron chi connectivity index (χ1n) is 3.34. The molecule has 0 fully saturated rings. The highest BCUT2D eigenvalue weighted by Gasteiger charge is 2.18. The molecule has 0 N–H and O–H groups in total. The average Bonchev–Trinajstić information content (AvgIpc) is 2.15. The average molecular weight is 143 g/mol. The number of nitrogens with zero attached hydrogens (tertiary/aromatic N) is 1. The lowest BCUT2D eigenvalue weighted by atomic mass is 10.1. The molecular weight excluding hydrogens is 130 g/mol. The summed E-state index contributed by atoms with van der Waals surface area (Å²) in [5.41, 5.74) is 1.56. The van der Waals surface area contributed by atoms with Crippen LogP contribution in [-0.2, 0) is 0 Å². The zero-order chi connectivity index (χ0) is 6.85. The van der Waals surface area contributed by atoms with Gasteiger partial charge in [-0.25, -0.2) is 4.31 Å². The van der Waals surface area contributed by atoms with Crippen molar-refractivity contribution < 1.29 is 0 Å². The van der Waals surface area contributed by atoms with Crippen LogP contribution in [0.5, 0.6) is 0 Å². The van der Waals surface area contributed by atoms with Gasteiger partial charge in [-0.1, -0.05) is 6.92 Å². The lowest BCUT2D eigenvalue weighted by Crippen LogP contribution is -2.18. The Morgan fingerprint density at radius 3 is 2.67 bits per heavy atom. The van der Waals surface area contributed by atoms with E-state index < -0.39 is 0 Å².